The number of halogens is 5. The van der Waals surface area contributed by atoms with E-state index in [1.807, 2.05) is 0 Å². The van der Waals surface area contributed by atoms with Gasteiger partial charge >= 0.3 is 5.51 Å². The largest absolute Gasteiger partial charge is 0.501 e. The fourth-order valence-corrected chi connectivity index (χ4v) is 4.83. The minimum atomic E-state index is -5.94. The van der Waals surface area contributed by atoms with Crippen molar-refractivity contribution >= 4 is 9.84 Å². The van der Waals surface area contributed by atoms with Crippen molar-refractivity contribution < 1.29 is 40.2 Å². The molecule has 0 bridgehead atoms. The van der Waals surface area contributed by atoms with Crippen molar-refractivity contribution in [1.29, 1.82) is 0 Å². The van der Waals surface area contributed by atoms with Crippen molar-refractivity contribution in [2.75, 3.05) is 0 Å². The number of rotatable bonds is 3. The summed E-state index contributed by atoms with van der Waals surface area (Å²) in [6.07, 6.45) is -0.869. The van der Waals surface area contributed by atoms with Gasteiger partial charge in [0.25, 0.3) is 15.8 Å². The number of fused-ring (bicyclic) bond motifs is 2. The lowest BCUT2D eigenvalue weighted by atomic mass is 9.95. The predicted molar refractivity (Wildman–Crippen MR) is 88.2 cm³/mol. The molecule has 2 N–H and O–H groups in total. The van der Waals surface area contributed by atoms with Crippen LogP contribution in [0.2, 0.25) is 0 Å². The van der Waals surface area contributed by atoms with Gasteiger partial charge in [-0.15, -0.1) is 0 Å². The molecular weight excluding hydrogens is 423 g/mol. The molecule has 1 aromatic carbocycles. The Morgan fingerprint density at radius 2 is 2.00 bits per heavy atom. The summed E-state index contributed by atoms with van der Waals surface area (Å²) >= 11 is 0. The quantitative estimate of drug-likeness (QED) is 0.717. The molecule has 2 aromatic rings. The third-order valence-electron chi connectivity index (χ3n) is 5.21. The van der Waals surface area contributed by atoms with Gasteiger partial charge in [-0.1, -0.05) is 0 Å². The number of nitrogens with one attached hydrogen (secondary N) is 1. The minimum Gasteiger partial charge on any atom is -0.484 e. The molecule has 0 fully saturated rings. The van der Waals surface area contributed by atoms with Crippen molar-refractivity contribution in [2.45, 2.75) is 54.2 Å². The summed E-state index contributed by atoms with van der Waals surface area (Å²) in [6, 6.07) is 1.48. The highest BCUT2D eigenvalue weighted by Crippen LogP contribution is 2.51. The first-order valence-corrected chi connectivity index (χ1v) is 10.1. The van der Waals surface area contributed by atoms with Gasteiger partial charge in [0.1, 0.15) is 18.0 Å². The molecule has 158 valence electrons. The number of aliphatic hydroxyl groups is 1. The molecule has 0 aliphatic heterocycles. The van der Waals surface area contributed by atoms with Crippen molar-refractivity contribution in [3.63, 3.8) is 0 Å². The second-order valence-electron chi connectivity index (χ2n) is 7.05. The van der Waals surface area contributed by atoms with Crippen LogP contribution < -0.4 is 4.74 Å². The molecule has 2 aliphatic rings. The average Bonchev–Trinajstić information content (AvgIpc) is 3.18. The number of aliphatic hydroxyl groups excluding tert-OH is 1. The number of H-pyrrole nitrogens is 1. The Labute approximate surface area is 161 Å². The van der Waals surface area contributed by atoms with E-state index in [-0.39, 0.29) is 5.75 Å². The molecule has 29 heavy (non-hydrogen) atoms. The van der Waals surface area contributed by atoms with E-state index in [0.717, 1.165) is 24.5 Å². The second kappa shape index (κ2) is 6.39. The van der Waals surface area contributed by atoms with Crippen LogP contribution in [0.1, 0.15) is 47.4 Å². The summed E-state index contributed by atoms with van der Waals surface area (Å²) < 4.78 is 96.8. The lowest BCUT2D eigenvalue weighted by Gasteiger charge is -2.25. The van der Waals surface area contributed by atoms with E-state index in [2.05, 4.69) is 10.2 Å². The zero-order valence-electron chi connectivity index (χ0n) is 14.6. The Bertz CT molecular complexity index is 1060. The molecule has 2 atom stereocenters. The molecule has 0 amide bonds. The van der Waals surface area contributed by atoms with Crippen LogP contribution in [-0.2, 0) is 22.7 Å². The number of aryl methyl sites for hydroxylation is 1. The highest BCUT2D eigenvalue weighted by atomic mass is 32.2. The number of sulfone groups is 1. The zero-order chi connectivity index (χ0) is 21.2. The molecule has 12 heteroatoms. The number of nitrogens with zero attached hydrogens (tertiary/aromatic N) is 1. The van der Waals surface area contributed by atoms with Crippen molar-refractivity contribution in [3.8, 4) is 5.75 Å². The number of ether oxygens (including phenoxy) is 1. The predicted octanol–water partition coefficient (Wildman–Crippen LogP) is 3.38. The maximum Gasteiger partial charge on any atom is 0.501 e. The van der Waals surface area contributed by atoms with Gasteiger partial charge in [0.15, 0.2) is 0 Å². The maximum atomic E-state index is 14.1. The standard InChI is InChI=1S/C17H15F5N2O4S/c18-16(19)6-9-10(28-11-3-1-2-8-7-23-24-14(8)11)4-5-12(13(9)15(16)25)29(26,27)17(20,21)22/h4-5,7,11,15,25H,1-3,6H2,(H,23,24)/t11?,15-/m0/s1. The smallest absolute Gasteiger partial charge is 0.484 e. The fraction of sp³-hybridized carbons (Fsp3) is 0.471. The van der Waals surface area contributed by atoms with Crippen LogP contribution in [0.5, 0.6) is 5.75 Å². The molecule has 0 saturated carbocycles. The lowest BCUT2D eigenvalue weighted by Crippen LogP contribution is -2.26. The molecule has 0 radical (unpaired) electrons. The lowest BCUT2D eigenvalue weighted by molar-refractivity contribution is -0.0978. The maximum absolute atomic E-state index is 14.1. The van der Waals surface area contributed by atoms with E-state index in [1.165, 1.54) is 0 Å². The third kappa shape index (κ3) is 3.08. The number of alkyl halides is 5. The number of aromatic amines is 1. The molecule has 6 nitrogen and oxygen atoms in total. The van der Waals surface area contributed by atoms with Gasteiger partial charge in [0.2, 0.25) is 0 Å². The van der Waals surface area contributed by atoms with Gasteiger partial charge in [-0.3, -0.25) is 5.10 Å². The fourth-order valence-electron chi connectivity index (χ4n) is 3.81. The molecule has 1 unspecified atom stereocenters. The Kier molecular flexibility index (Phi) is 4.43. The Balaban J connectivity index is 1.82. The Morgan fingerprint density at radius 3 is 2.69 bits per heavy atom. The molecule has 0 spiro atoms. The number of aromatic nitrogens is 2. The van der Waals surface area contributed by atoms with E-state index in [0.29, 0.717) is 18.2 Å². The third-order valence-corrected chi connectivity index (χ3v) is 6.75. The number of benzene rings is 1. The van der Waals surface area contributed by atoms with E-state index in [9.17, 15) is 35.5 Å². The molecular formula is C17H15F5N2O4S. The topological polar surface area (TPSA) is 92.3 Å². The number of hydrogen-bond donors (Lipinski definition) is 2. The molecule has 1 heterocycles. The molecule has 4 rings (SSSR count). The Hall–Kier alpha value is -2.21. The van der Waals surface area contributed by atoms with Gasteiger partial charge < -0.3 is 9.84 Å². The average molecular weight is 438 g/mol. The summed E-state index contributed by atoms with van der Waals surface area (Å²) in [4.78, 5) is -1.39. The highest BCUT2D eigenvalue weighted by Gasteiger charge is 2.55. The van der Waals surface area contributed by atoms with Gasteiger partial charge in [-0.25, -0.2) is 17.2 Å². The molecule has 2 aliphatic carbocycles. The van der Waals surface area contributed by atoms with Crippen LogP contribution in [0, 0.1) is 0 Å². The van der Waals surface area contributed by atoms with Crippen LogP contribution >= 0.6 is 0 Å². The van der Waals surface area contributed by atoms with Crippen molar-refractivity contribution in [2.24, 2.45) is 0 Å². The Morgan fingerprint density at radius 1 is 1.28 bits per heavy atom. The SMILES string of the molecule is O=S(=O)(c1ccc(OC2CCCc3cn[nH]c32)c2c1[C@H](O)C(F)(F)C2)C(F)(F)F. The minimum absolute atomic E-state index is 0.190. The van der Waals surface area contributed by atoms with Crippen molar-refractivity contribution in [1.82, 2.24) is 10.2 Å². The van der Waals surface area contributed by atoms with Gasteiger partial charge in [0, 0.05) is 17.5 Å². The first-order valence-electron chi connectivity index (χ1n) is 8.65. The van der Waals surface area contributed by atoms with Crippen molar-refractivity contribution in [3.05, 3.63) is 40.7 Å². The summed E-state index contributed by atoms with van der Waals surface area (Å²) in [5, 5.41) is 16.6. The highest BCUT2D eigenvalue weighted by molar-refractivity contribution is 7.92. The van der Waals surface area contributed by atoms with Crippen LogP contribution in [0.25, 0.3) is 0 Å². The first-order chi connectivity index (χ1) is 13.4. The zero-order valence-corrected chi connectivity index (χ0v) is 15.4. The van der Waals surface area contributed by atoms with E-state index in [1.54, 1.807) is 6.20 Å². The van der Waals surface area contributed by atoms with Crippen LogP contribution in [0.4, 0.5) is 22.0 Å². The summed E-state index contributed by atoms with van der Waals surface area (Å²) in [5.41, 5.74) is -5.61. The second-order valence-corrected chi connectivity index (χ2v) is 8.96. The normalized spacial score (nSPS) is 23.5. The summed E-state index contributed by atoms with van der Waals surface area (Å²) in [7, 11) is -5.94. The van der Waals surface area contributed by atoms with Crippen LogP contribution in [0.3, 0.4) is 0 Å². The van der Waals surface area contributed by atoms with E-state index < -0.39 is 55.9 Å². The van der Waals surface area contributed by atoms with Crippen LogP contribution in [-0.4, -0.2) is 35.2 Å². The van der Waals surface area contributed by atoms with E-state index >= 15 is 0 Å². The molecule has 0 saturated heterocycles. The van der Waals surface area contributed by atoms with E-state index in [4.69, 9.17) is 4.74 Å². The monoisotopic (exact) mass is 438 g/mol. The summed E-state index contributed by atoms with van der Waals surface area (Å²) in [6.45, 7) is 0. The molecule has 1 aromatic heterocycles. The van der Waals surface area contributed by atoms with Gasteiger partial charge in [0.05, 0.1) is 16.8 Å². The first kappa shape index (κ1) is 20.1. The van der Waals surface area contributed by atoms with Gasteiger partial charge in [-0.05, 0) is 37.0 Å². The van der Waals surface area contributed by atoms with Crippen LogP contribution in [0.15, 0.2) is 23.2 Å². The van der Waals surface area contributed by atoms with Gasteiger partial charge in [-0.2, -0.15) is 18.3 Å². The summed E-state index contributed by atoms with van der Waals surface area (Å²) in [5.74, 6) is -4.02. The number of hydrogen-bond acceptors (Lipinski definition) is 5.